The number of nitrogen functional groups attached to an aromatic ring is 1. The van der Waals surface area contributed by atoms with E-state index in [2.05, 4.69) is 15.9 Å². The molecule has 0 heterocycles. The summed E-state index contributed by atoms with van der Waals surface area (Å²) in [6.07, 6.45) is 0. The highest BCUT2D eigenvalue weighted by molar-refractivity contribution is 9.10. The van der Waals surface area contributed by atoms with Crippen LogP contribution in [-0.2, 0) is 6.61 Å². The number of benzene rings is 2. The fraction of sp³-hybridized carbons (Fsp3) is 0.0769. The number of ether oxygens (including phenoxy) is 1. The number of hydrogen-bond acceptors (Lipinski definition) is 2. The van der Waals surface area contributed by atoms with Crippen LogP contribution in [0.4, 0.5) is 18.9 Å². The van der Waals surface area contributed by atoms with Gasteiger partial charge in [0.15, 0.2) is 11.6 Å². The molecule has 2 nitrogen and oxygen atoms in total. The number of anilines is 1. The summed E-state index contributed by atoms with van der Waals surface area (Å²) in [5, 5.41) is 0. The van der Waals surface area contributed by atoms with Crippen molar-refractivity contribution in [3.05, 3.63) is 57.8 Å². The molecule has 0 unspecified atom stereocenters. The molecule has 0 aliphatic carbocycles. The topological polar surface area (TPSA) is 35.2 Å². The quantitative estimate of drug-likeness (QED) is 0.862. The van der Waals surface area contributed by atoms with Gasteiger partial charge in [-0.25, -0.2) is 13.2 Å². The summed E-state index contributed by atoms with van der Waals surface area (Å²) in [7, 11) is 0. The molecule has 0 bridgehead atoms. The first-order valence-electron chi connectivity index (χ1n) is 5.28. The van der Waals surface area contributed by atoms with Crippen LogP contribution in [0.25, 0.3) is 0 Å². The lowest BCUT2D eigenvalue weighted by Crippen LogP contribution is -2.00. The van der Waals surface area contributed by atoms with E-state index in [0.717, 1.165) is 12.1 Å². The Hall–Kier alpha value is -1.69. The Balaban J connectivity index is 2.19. The van der Waals surface area contributed by atoms with Gasteiger partial charge in [0, 0.05) is 11.8 Å². The number of nitrogens with two attached hydrogens (primary N) is 1. The molecule has 0 spiro atoms. The highest BCUT2D eigenvalue weighted by Crippen LogP contribution is 2.30. The second kappa shape index (κ2) is 5.52. The third-order valence-corrected chi connectivity index (χ3v) is 2.92. The van der Waals surface area contributed by atoms with Crippen LogP contribution in [0.1, 0.15) is 5.56 Å². The van der Waals surface area contributed by atoms with Gasteiger partial charge in [-0.3, -0.25) is 0 Å². The monoisotopic (exact) mass is 331 g/mol. The fourth-order valence-corrected chi connectivity index (χ4v) is 2.10. The molecule has 0 radical (unpaired) electrons. The lowest BCUT2D eigenvalue weighted by Gasteiger charge is -2.10. The maximum atomic E-state index is 13.5. The summed E-state index contributed by atoms with van der Waals surface area (Å²) in [5.74, 6) is -2.19. The number of rotatable bonds is 3. The minimum absolute atomic E-state index is 0.0802. The molecular weight excluding hydrogens is 323 g/mol. The van der Waals surface area contributed by atoms with Gasteiger partial charge in [-0.05, 0) is 45.8 Å². The van der Waals surface area contributed by atoms with Gasteiger partial charge in [-0.2, -0.15) is 0 Å². The summed E-state index contributed by atoms with van der Waals surface area (Å²) < 4.78 is 44.8. The van der Waals surface area contributed by atoms with Crippen LogP contribution in [0.3, 0.4) is 0 Å². The van der Waals surface area contributed by atoms with Crippen molar-refractivity contribution >= 4 is 21.6 Å². The van der Waals surface area contributed by atoms with Crippen molar-refractivity contribution in [2.75, 3.05) is 5.73 Å². The van der Waals surface area contributed by atoms with Crippen LogP contribution in [0.2, 0.25) is 0 Å². The zero-order chi connectivity index (χ0) is 14.0. The van der Waals surface area contributed by atoms with Gasteiger partial charge < -0.3 is 10.5 Å². The molecule has 0 aromatic heterocycles. The SMILES string of the molecule is Nc1cc(F)cc(COc2c(F)cc(F)cc2Br)c1. The standard InChI is InChI=1S/C13H9BrF3NO/c14-11-4-9(16)5-12(17)13(11)19-6-7-1-8(15)3-10(18)2-7/h1-5H,6,18H2. The maximum Gasteiger partial charge on any atom is 0.169 e. The first-order valence-corrected chi connectivity index (χ1v) is 6.07. The Kier molecular flexibility index (Phi) is 3.99. The molecule has 0 atom stereocenters. The van der Waals surface area contributed by atoms with Crippen LogP contribution < -0.4 is 10.5 Å². The summed E-state index contributed by atoms with van der Waals surface area (Å²) in [4.78, 5) is 0. The number of hydrogen-bond donors (Lipinski definition) is 1. The molecule has 0 amide bonds. The van der Waals surface area contributed by atoms with Crippen molar-refractivity contribution in [1.82, 2.24) is 0 Å². The molecule has 2 aromatic rings. The number of halogens is 4. The van der Waals surface area contributed by atoms with E-state index in [1.165, 1.54) is 12.1 Å². The third kappa shape index (κ3) is 3.41. The third-order valence-electron chi connectivity index (χ3n) is 2.33. The molecule has 0 fully saturated rings. The van der Waals surface area contributed by atoms with E-state index >= 15 is 0 Å². The average molecular weight is 332 g/mol. The molecule has 2 N–H and O–H groups in total. The van der Waals surface area contributed by atoms with Crippen molar-refractivity contribution < 1.29 is 17.9 Å². The highest BCUT2D eigenvalue weighted by atomic mass is 79.9. The van der Waals surface area contributed by atoms with Crippen LogP contribution in [-0.4, -0.2) is 0 Å². The molecule has 0 aliphatic heterocycles. The van der Waals surface area contributed by atoms with Gasteiger partial charge in [0.1, 0.15) is 18.2 Å². The van der Waals surface area contributed by atoms with Gasteiger partial charge >= 0.3 is 0 Å². The normalized spacial score (nSPS) is 10.5. The average Bonchev–Trinajstić information content (AvgIpc) is 2.25. The zero-order valence-electron chi connectivity index (χ0n) is 9.59. The summed E-state index contributed by atoms with van der Waals surface area (Å²) in [6, 6.07) is 5.69. The van der Waals surface area contributed by atoms with Gasteiger partial charge in [0.2, 0.25) is 0 Å². The smallest absolute Gasteiger partial charge is 0.169 e. The van der Waals surface area contributed by atoms with E-state index in [1.807, 2.05) is 0 Å². The first kappa shape index (κ1) is 13.7. The minimum atomic E-state index is -0.837. The summed E-state index contributed by atoms with van der Waals surface area (Å²) in [5.41, 5.74) is 6.18. The molecule has 0 saturated carbocycles. The van der Waals surface area contributed by atoms with E-state index in [9.17, 15) is 13.2 Å². The van der Waals surface area contributed by atoms with E-state index in [4.69, 9.17) is 10.5 Å². The molecular formula is C13H9BrF3NO. The van der Waals surface area contributed by atoms with Crippen LogP contribution in [0, 0.1) is 17.5 Å². The first-order chi connectivity index (χ1) is 8.95. The lowest BCUT2D eigenvalue weighted by atomic mass is 10.2. The Morgan fingerprint density at radius 3 is 2.32 bits per heavy atom. The van der Waals surface area contributed by atoms with Crippen LogP contribution >= 0.6 is 15.9 Å². The van der Waals surface area contributed by atoms with Crippen molar-refractivity contribution in [2.24, 2.45) is 0 Å². The predicted octanol–water partition coefficient (Wildman–Crippen LogP) is 4.03. The lowest BCUT2D eigenvalue weighted by molar-refractivity contribution is 0.286. The Morgan fingerprint density at radius 2 is 1.68 bits per heavy atom. The molecule has 100 valence electrons. The summed E-state index contributed by atoms with van der Waals surface area (Å²) in [6.45, 7) is -0.0802. The van der Waals surface area contributed by atoms with Crippen molar-refractivity contribution in [1.29, 1.82) is 0 Å². The second-order valence-corrected chi connectivity index (χ2v) is 4.73. The predicted molar refractivity (Wildman–Crippen MR) is 69.2 cm³/mol. The van der Waals surface area contributed by atoms with Crippen molar-refractivity contribution in [3.8, 4) is 5.75 Å². The van der Waals surface area contributed by atoms with Crippen molar-refractivity contribution in [2.45, 2.75) is 6.61 Å². The molecule has 2 rings (SSSR count). The Bertz CT molecular complexity index is 576. The Labute approximate surface area is 116 Å². The summed E-state index contributed by atoms with van der Waals surface area (Å²) >= 11 is 3.00. The minimum Gasteiger partial charge on any atom is -0.485 e. The molecule has 6 heteroatoms. The second-order valence-electron chi connectivity index (χ2n) is 3.88. The molecule has 2 aromatic carbocycles. The van der Waals surface area contributed by atoms with Gasteiger partial charge in [-0.15, -0.1) is 0 Å². The van der Waals surface area contributed by atoms with Crippen LogP contribution in [0.15, 0.2) is 34.8 Å². The Morgan fingerprint density at radius 1 is 1.00 bits per heavy atom. The molecule has 19 heavy (non-hydrogen) atoms. The van der Waals surface area contributed by atoms with E-state index in [1.54, 1.807) is 0 Å². The highest BCUT2D eigenvalue weighted by Gasteiger charge is 2.11. The fourth-order valence-electron chi connectivity index (χ4n) is 1.58. The van der Waals surface area contributed by atoms with Gasteiger partial charge in [-0.1, -0.05) is 0 Å². The van der Waals surface area contributed by atoms with Crippen LogP contribution in [0.5, 0.6) is 5.75 Å². The van der Waals surface area contributed by atoms with Gasteiger partial charge in [0.25, 0.3) is 0 Å². The van der Waals surface area contributed by atoms with E-state index < -0.39 is 17.5 Å². The van der Waals surface area contributed by atoms with E-state index in [0.29, 0.717) is 11.6 Å². The zero-order valence-corrected chi connectivity index (χ0v) is 11.2. The van der Waals surface area contributed by atoms with Gasteiger partial charge in [0.05, 0.1) is 4.47 Å². The molecule has 0 aliphatic rings. The maximum absolute atomic E-state index is 13.5. The van der Waals surface area contributed by atoms with E-state index in [-0.39, 0.29) is 22.5 Å². The largest absolute Gasteiger partial charge is 0.485 e. The molecule has 0 saturated heterocycles. The van der Waals surface area contributed by atoms with Crippen molar-refractivity contribution in [3.63, 3.8) is 0 Å².